The SMILES string of the molecule is CSc1ncccc1C(=O)N1CC(O)C1. The normalized spacial score (nSPS) is 16.3. The van der Waals surface area contributed by atoms with Gasteiger partial charge in [0.1, 0.15) is 5.03 Å². The summed E-state index contributed by atoms with van der Waals surface area (Å²) in [5.41, 5.74) is 0.622. The van der Waals surface area contributed by atoms with E-state index < -0.39 is 0 Å². The molecule has 0 aromatic carbocycles. The summed E-state index contributed by atoms with van der Waals surface area (Å²) in [6.45, 7) is 0.864. The fraction of sp³-hybridized carbons (Fsp3) is 0.400. The van der Waals surface area contributed by atoms with Crippen molar-refractivity contribution in [2.24, 2.45) is 0 Å². The Bertz CT molecular complexity index is 377. The third-order valence-electron chi connectivity index (χ3n) is 2.34. The lowest BCUT2D eigenvalue weighted by Crippen LogP contribution is -2.53. The van der Waals surface area contributed by atoms with Crippen LogP contribution in [0.4, 0.5) is 0 Å². The lowest BCUT2D eigenvalue weighted by molar-refractivity contribution is 0.00561. The van der Waals surface area contributed by atoms with Gasteiger partial charge < -0.3 is 10.0 Å². The van der Waals surface area contributed by atoms with Crippen LogP contribution in [-0.2, 0) is 0 Å². The smallest absolute Gasteiger partial charge is 0.256 e. The highest BCUT2D eigenvalue weighted by atomic mass is 32.2. The van der Waals surface area contributed by atoms with Gasteiger partial charge in [-0.2, -0.15) is 0 Å². The summed E-state index contributed by atoms with van der Waals surface area (Å²) in [5, 5.41) is 9.87. The number of β-amino-alcohol motifs (C(OH)–C–C–N with tert-alkyl or cyclic N) is 1. The first-order valence-electron chi connectivity index (χ1n) is 4.68. The number of likely N-dealkylation sites (tertiary alicyclic amines) is 1. The molecule has 4 nitrogen and oxygen atoms in total. The highest BCUT2D eigenvalue weighted by Crippen LogP contribution is 2.20. The van der Waals surface area contributed by atoms with Crippen LogP contribution in [0.25, 0.3) is 0 Å². The van der Waals surface area contributed by atoms with E-state index in [0.717, 1.165) is 5.03 Å². The second kappa shape index (κ2) is 4.20. The maximum absolute atomic E-state index is 11.9. The zero-order chi connectivity index (χ0) is 10.8. The molecule has 1 aliphatic heterocycles. The van der Waals surface area contributed by atoms with Gasteiger partial charge in [-0.25, -0.2) is 4.98 Å². The van der Waals surface area contributed by atoms with E-state index in [0.29, 0.717) is 18.7 Å². The lowest BCUT2D eigenvalue weighted by atomic mass is 10.1. The van der Waals surface area contributed by atoms with Gasteiger partial charge in [-0.3, -0.25) is 4.79 Å². The molecule has 0 atom stereocenters. The quantitative estimate of drug-likeness (QED) is 0.748. The Balaban J connectivity index is 2.18. The summed E-state index contributed by atoms with van der Waals surface area (Å²) in [6, 6.07) is 3.52. The molecule has 1 saturated heterocycles. The third-order valence-corrected chi connectivity index (χ3v) is 3.06. The van der Waals surface area contributed by atoms with Gasteiger partial charge in [0.25, 0.3) is 5.91 Å². The van der Waals surface area contributed by atoms with Crippen LogP contribution < -0.4 is 0 Å². The van der Waals surface area contributed by atoms with E-state index in [1.807, 2.05) is 6.26 Å². The van der Waals surface area contributed by atoms with E-state index in [9.17, 15) is 4.79 Å². The average Bonchev–Trinajstić information content (AvgIpc) is 2.24. The van der Waals surface area contributed by atoms with Gasteiger partial charge in [-0.15, -0.1) is 11.8 Å². The molecule has 2 heterocycles. The van der Waals surface area contributed by atoms with Gasteiger partial charge >= 0.3 is 0 Å². The number of carbonyl (C=O) groups excluding carboxylic acids is 1. The van der Waals surface area contributed by atoms with Crippen LogP contribution >= 0.6 is 11.8 Å². The minimum atomic E-state index is -0.358. The van der Waals surface area contributed by atoms with Crippen molar-refractivity contribution in [1.82, 2.24) is 9.88 Å². The second-order valence-corrected chi connectivity index (χ2v) is 4.22. The summed E-state index contributed by atoms with van der Waals surface area (Å²) < 4.78 is 0. The maximum Gasteiger partial charge on any atom is 0.256 e. The number of pyridine rings is 1. The zero-order valence-corrected chi connectivity index (χ0v) is 9.20. The van der Waals surface area contributed by atoms with Crippen molar-refractivity contribution in [3.8, 4) is 0 Å². The average molecular weight is 224 g/mol. The number of aromatic nitrogens is 1. The fourth-order valence-corrected chi connectivity index (χ4v) is 2.05. The van der Waals surface area contributed by atoms with Crippen molar-refractivity contribution in [2.45, 2.75) is 11.1 Å². The Labute approximate surface area is 92.3 Å². The second-order valence-electron chi connectivity index (χ2n) is 3.42. The number of hydrogen-bond acceptors (Lipinski definition) is 4. The highest BCUT2D eigenvalue weighted by molar-refractivity contribution is 7.98. The standard InChI is InChI=1S/C10H12N2O2S/c1-15-9-8(3-2-4-11-9)10(14)12-5-7(13)6-12/h2-4,7,13H,5-6H2,1H3. The molecule has 80 valence electrons. The van der Waals surface area contributed by atoms with Crippen LogP contribution in [0, 0.1) is 0 Å². The summed E-state index contributed by atoms with van der Waals surface area (Å²) in [4.78, 5) is 17.7. The number of thioether (sulfide) groups is 1. The predicted molar refractivity (Wildman–Crippen MR) is 57.9 cm³/mol. The molecule has 0 unspecified atom stereocenters. The zero-order valence-electron chi connectivity index (χ0n) is 8.38. The molecular formula is C10H12N2O2S. The molecule has 1 aromatic rings. The van der Waals surface area contributed by atoms with Crippen molar-refractivity contribution < 1.29 is 9.90 Å². The van der Waals surface area contributed by atoms with E-state index in [-0.39, 0.29) is 12.0 Å². The monoisotopic (exact) mass is 224 g/mol. The molecule has 0 spiro atoms. The van der Waals surface area contributed by atoms with Gasteiger partial charge in [0.15, 0.2) is 0 Å². The number of hydrogen-bond donors (Lipinski definition) is 1. The topological polar surface area (TPSA) is 53.4 Å². The summed E-state index contributed by atoms with van der Waals surface area (Å²) in [6.07, 6.45) is 3.21. The Morgan fingerprint density at radius 2 is 2.40 bits per heavy atom. The van der Waals surface area contributed by atoms with Gasteiger partial charge in [0, 0.05) is 19.3 Å². The van der Waals surface area contributed by atoms with Crippen LogP contribution in [0.15, 0.2) is 23.4 Å². The van der Waals surface area contributed by atoms with Gasteiger partial charge in [-0.1, -0.05) is 0 Å². The Kier molecular flexibility index (Phi) is 2.93. The van der Waals surface area contributed by atoms with Gasteiger partial charge in [-0.05, 0) is 18.4 Å². The van der Waals surface area contributed by atoms with E-state index in [4.69, 9.17) is 5.11 Å². The summed E-state index contributed by atoms with van der Waals surface area (Å²) in [5.74, 6) is -0.0437. The molecule has 15 heavy (non-hydrogen) atoms. The number of carbonyl (C=O) groups is 1. The molecule has 1 aromatic heterocycles. The summed E-state index contributed by atoms with van der Waals surface area (Å²) in [7, 11) is 0. The van der Waals surface area contributed by atoms with Crippen molar-refractivity contribution in [3.63, 3.8) is 0 Å². The number of aliphatic hydroxyl groups excluding tert-OH is 1. The first-order valence-corrected chi connectivity index (χ1v) is 5.91. The molecule has 2 rings (SSSR count). The molecule has 0 saturated carbocycles. The van der Waals surface area contributed by atoms with Crippen LogP contribution in [0.5, 0.6) is 0 Å². The molecule has 1 aliphatic rings. The number of amides is 1. The Hall–Kier alpha value is -1.07. The third kappa shape index (κ3) is 1.98. The Morgan fingerprint density at radius 1 is 1.67 bits per heavy atom. The number of aliphatic hydroxyl groups is 1. The molecule has 0 bridgehead atoms. The first-order chi connectivity index (χ1) is 7.22. The first kappa shape index (κ1) is 10.4. The molecule has 1 fully saturated rings. The van der Waals surface area contributed by atoms with Gasteiger partial charge in [0.05, 0.1) is 11.7 Å². The molecule has 0 radical (unpaired) electrons. The molecule has 1 amide bonds. The van der Waals surface area contributed by atoms with E-state index in [2.05, 4.69) is 4.98 Å². The van der Waals surface area contributed by atoms with E-state index in [1.165, 1.54) is 11.8 Å². The van der Waals surface area contributed by atoms with E-state index >= 15 is 0 Å². The van der Waals surface area contributed by atoms with Crippen molar-refractivity contribution >= 4 is 17.7 Å². The Morgan fingerprint density at radius 3 is 3.00 bits per heavy atom. The maximum atomic E-state index is 11.9. The molecule has 1 N–H and O–H groups in total. The van der Waals surface area contributed by atoms with Crippen molar-refractivity contribution in [1.29, 1.82) is 0 Å². The predicted octanol–water partition coefficient (Wildman–Crippen LogP) is 0.620. The van der Waals surface area contributed by atoms with Crippen LogP contribution in [0.1, 0.15) is 10.4 Å². The molecular weight excluding hydrogens is 212 g/mol. The molecule has 0 aliphatic carbocycles. The van der Waals surface area contributed by atoms with Crippen molar-refractivity contribution in [2.75, 3.05) is 19.3 Å². The largest absolute Gasteiger partial charge is 0.389 e. The van der Waals surface area contributed by atoms with Crippen LogP contribution in [-0.4, -0.2) is 46.3 Å². The number of rotatable bonds is 2. The summed E-state index contributed by atoms with van der Waals surface area (Å²) >= 11 is 1.46. The van der Waals surface area contributed by atoms with Gasteiger partial charge in [0.2, 0.25) is 0 Å². The lowest BCUT2D eigenvalue weighted by Gasteiger charge is -2.36. The van der Waals surface area contributed by atoms with Crippen molar-refractivity contribution in [3.05, 3.63) is 23.9 Å². The van der Waals surface area contributed by atoms with Crippen LogP contribution in [0.3, 0.4) is 0 Å². The van der Waals surface area contributed by atoms with E-state index in [1.54, 1.807) is 23.2 Å². The highest BCUT2D eigenvalue weighted by Gasteiger charge is 2.30. The van der Waals surface area contributed by atoms with Crippen LogP contribution in [0.2, 0.25) is 0 Å². The fourth-order valence-electron chi connectivity index (χ4n) is 1.51. The minimum absolute atomic E-state index is 0.0437. The minimum Gasteiger partial charge on any atom is -0.389 e. The number of nitrogens with zero attached hydrogens (tertiary/aromatic N) is 2. The molecule has 5 heteroatoms.